The van der Waals surface area contributed by atoms with Crippen LogP contribution in [0.25, 0.3) is 11.5 Å². The number of hydrogen-bond donors (Lipinski definition) is 1. The van der Waals surface area contributed by atoms with Gasteiger partial charge in [0.1, 0.15) is 30.4 Å². The highest BCUT2D eigenvalue weighted by Gasteiger charge is 2.16. The van der Waals surface area contributed by atoms with Crippen LogP contribution >= 0.6 is 0 Å². The lowest BCUT2D eigenvalue weighted by molar-refractivity contribution is -0.605. The lowest BCUT2D eigenvalue weighted by atomic mass is 10.2. The molecular weight excluding hydrogens is 438 g/mol. The van der Waals surface area contributed by atoms with E-state index in [1.807, 2.05) is 37.3 Å². The molecular formula is C25H21N3O6. The summed E-state index contributed by atoms with van der Waals surface area (Å²) in [6.45, 7) is 2.14. The maximum absolute atomic E-state index is 11.4. The summed E-state index contributed by atoms with van der Waals surface area (Å²) in [6, 6.07) is 19.6. The molecule has 2 aromatic heterocycles. The second-order valence-electron chi connectivity index (χ2n) is 7.29. The summed E-state index contributed by atoms with van der Waals surface area (Å²) in [5, 5.41) is 24.4. The number of carbonyl (C=O) groups is 1. The molecule has 9 nitrogen and oxygen atoms in total. The number of ether oxygens (including phenoxy) is 1. The third-order valence-electron chi connectivity index (χ3n) is 4.85. The number of benzene rings is 2. The average molecular weight is 459 g/mol. The van der Waals surface area contributed by atoms with Gasteiger partial charge in [0.15, 0.2) is 12.4 Å². The number of aryl methyl sites for hydroxylation is 1. The number of aromatic nitrogens is 2. The molecule has 0 fully saturated rings. The van der Waals surface area contributed by atoms with Crippen molar-refractivity contribution >= 4 is 11.7 Å². The summed E-state index contributed by atoms with van der Waals surface area (Å²) in [7, 11) is 0. The first-order valence-corrected chi connectivity index (χ1v) is 10.4. The molecule has 0 atom stereocenters. The van der Waals surface area contributed by atoms with Crippen LogP contribution in [0.4, 0.5) is 0 Å². The third-order valence-corrected chi connectivity index (χ3v) is 4.85. The van der Waals surface area contributed by atoms with Crippen molar-refractivity contribution in [2.45, 2.75) is 20.1 Å². The van der Waals surface area contributed by atoms with Crippen LogP contribution in [-0.4, -0.2) is 21.8 Å². The van der Waals surface area contributed by atoms with Gasteiger partial charge in [0, 0.05) is 11.6 Å². The fourth-order valence-electron chi connectivity index (χ4n) is 3.08. The molecule has 0 radical (unpaired) electrons. The highest BCUT2D eigenvalue weighted by molar-refractivity contribution is 6.42. The number of carboxylic acid groups (broad SMARTS) is 1. The molecule has 0 aliphatic carbocycles. The fourth-order valence-corrected chi connectivity index (χ4v) is 3.08. The summed E-state index contributed by atoms with van der Waals surface area (Å²) in [5.41, 5.74) is 2.16. The van der Waals surface area contributed by atoms with Crippen LogP contribution in [-0.2, 0) is 22.8 Å². The van der Waals surface area contributed by atoms with Crippen LogP contribution in [0, 0.1) is 12.1 Å². The van der Waals surface area contributed by atoms with E-state index in [4.69, 9.17) is 14.0 Å². The van der Waals surface area contributed by atoms with E-state index in [9.17, 15) is 15.1 Å². The summed E-state index contributed by atoms with van der Waals surface area (Å²) < 4.78 is 12.1. The van der Waals surface area contributed by atoms with E-state index in [1.165, 1.54) is 18.3 Å². The first-order valence-electron chi connectivity index (χ1n) is 10.4. The van der Waals surface area contributed by atoms with E-state index in [-0.39, 0.29) is 24.5 Å². The first-order chi connectivity index (χ1) is 16.5. The van der Waals surface area contributed by atoms with Gasteiger partial charge in [-0.3, -0.25) is 0 Å². The van der Waals surface area contributed by atoms with Gasteiger partial charge in [0.05, 0.1) is 5.56 Å². The Morgan fingerprint density at radius 1 is 1.09 bits per heavy atom. The Bertz CT molecular complexity index is 1300. The Kier molecular flexibility index (Phi) is 6.83. The van der Waals surface area contributed by atoms with Crippen molar-refractivity contribution < 1.29 is 28.6 Å². The minimum atomic E-state index is -1.30. The number of carboxylic acids is 1. The summed E-state index contributed by atoms with van der Waals surface area (Å²) in [4.78, 5) is 21.2. The summed E-state index contributed by atoms with van der Waals surface area (Å²) in [5.74, 6) is 0.572. The molecule has 0 saturated heterocycles. The molecule has 0 amide bonds. The van der Waals surface area contributed by atoms with E-state index in [0.29, 0.717) is 27.8 Å². The smallest absolute Gasteiger partial charge is 0.358 e. The van der Waals surface area contributed by atoms with Crippen LogP contribution < -0.4 is 9.47 Å². The van der Waals surface area contributed by atoms with Crippen molar-refractivity contribution in [3.8, 4) is 17.2 Å². The first kappa shape index (κ1) is 22.5. The van der Waals surface area contributed by atoms with Gasteiger partial charge in [-0.1, -0.05) is 35.5 Å². The molecule has 0 saturated carbocycles. The largest absolute Gasteiger partial charge is 0.619 e. The maximum Gasteiger partial charge on any atom is 0.358 e. The van der Waals surface area contributed by atoms with Crippen molar-refractivity contribution in [3.63, 3.8) is 0 Å². The molecule has 4 aromatic rings. The van der Waals surface area contributed by atoms with Crippen molar-refractivity contribution in [1.82, 2.24) is 4.98 Å². The van der Waals surface area contributed by atoms with E-state index in [0.717, 1.165) is 17.3 Å². The average Bonchev–Trinajstić information content (AvgIpc) is 3.22. The van der Waals surface area contributed by atoms with Gasteiger partial charge in [0.25, 0.3) is 0 Å². The normalized spacial score (nSPS) is 11.3. The number of rotatable bonds is 9. The third kappa shape index (κ3) is 5.57. The van der Waals surface area contributed by atoms with Gasteiger partial charge in [0.2, 0.25) is 11.6 Å². The SMILES string of the molecule is Cc1oc(-c2ccccc2)nc1COc1ccc(CO/N=C(\C(=O)O)c2ccc[n+]([O-])c2)cc1. The molecule has 2 aromatic carbocycles. The van der Waals surface area contributed by atoms with Crippen molar-refractivity contribution in [2.75, 3.05) is 0 Å². The highest BCUT2D eigenvalue weighted by atomic mass is 16.6. The van der Waals surface area contributed by atoms with E-state index in [2.05, 4.69) is 10.1 Å². The number of aliphatic carboxylic acids is 1. The van der Waals surface area contributed by atoms with Crippen molar-refractivity contribution in [2.24, 2.45) is 5.16 Å². The molecule has 172 valence electrons. The lowest BCUT2D eigenvalue weighted by Crippen LogP contribution is -2.27. The minimum absolute atomic E-state index is 0.0457. The Balaban J connectivity index is 1.34. The van der Waals surface area contributed by atoms with Crippen LogP contribution in [0.1, 0.15) is 22.6 Å². The van der Waals surface area contributed by atoms with Gasteiger partial charge < -0.3 is 24.3 Å². The quantitative estimate of drug-likeness (QED) is 0.175. The zero-order valence-corrected chi connectivity index (χ0v) is 18.2. The molecule has 9 heteroatoms. The monoisotopic (exact) mass is 459 g/mol. The second-order valence-corrected chi connectivity index (χ2v) is 7.29. The van der Waals surface area contributed by atoms with E-state index < -0.39 is 5.97 Å². The Morgan fingerprint density at radius 2 is 1.85 bits per heavy atom. The Morgan fingerprint density at radius 3 is 2.56 bits per heavy atom. The van der Waals surface area contributed by atoms with Crippen LogP contribution in [0.2, 0.25) is 0 Å². The van der Waals surface area contributed by atoms with E-state index >= 15 is 0 Å². The predicted molar refractivity (Wildman–Crippen MR) is 122 cm³/mol. The van der Waals surface area contributed by atoms with E-state index in [1.54, 1.807) is 24.3 Å². The number of oxime groups is 1. The number of oxazole rings is 1. The van der Waals surface area contributed by atoms with Gasteiger partial charge in [-0.2, -0.15) is 4.73 Å². The zero-order chi connectivity index (χ0) is 23.9. The standard InChI is InChI=1S/C25H21N3O6/c1-17-22(26-24(34-17)19-6-3-2-4-7-19)16-32-21-11-9-18(10-12-21)15-33-27-23(25(29)30)20-8-5-13-28(31)14-20/h2-14H,15-16H2,1H3,(H,29,30)/b27-23-. The fraction of sp³-hybridized carbons (Fsp3) is 0.120. The number of hydrogen-bond acceptors (Lipinski definition) is 7. The summed E-state index contributed by atoms with van der Waals surface area (Å²) in [6.07, 6.45) is 2.36. The van der Waals surface area contributed by atoms with Gasteiger partial charge in [-0.25, -0.2) is 9.78 Å². The molecule has 2 heterocycles. The molecule has 34 heavy (non-hydrogen) atoms. The van der Waals surface area contributed by atoms with Gasteiger partial charge >= 0.3 is 5.97 Å². The molecule has 0 bridgehead atoms. The van der Waals surface area contributed by atoms with Gasteiger partial charge in [-0.15, -0.1) is 0 Å². The molecule has 4 rings (SSSR count). The topological polar surface area (TPSA) is 121 Å². The van der Waals surface area contributed by atoms with Crippen molar-refractivity contribution in [3.05, 3.63) is 107 Å². The van der Waals surface area contributed by atoms with Crippen molar-refractivity contribution in [1.29, 1.82) is 0 Å². The maximum atomic E-state index is 11.4. The lowest BCUT2D eigenvalue weighted by Gasteiger charge is -2.06. The molecule has 0 spiro atoms. The zero-order valence-electron chi connectivity index (χ0n) is 18.2. The number of pyridine rings is 1. The van der Waals surface area contributed by atoms with Gasteiger partial charge in [-0.05, 0) is 42.8 Å². The highest BCUT2D eigenvalue weighted by Crippen LogP contribution is 2.23. The second kappa shape index (κ2) is 10.3. The van der Waals surface area contributed by atoms with Crippen LogP contribution in [0.15, 0.2) is 88.7 Å². The molecule has 0 aliphatic heterocycles. The number of nitrogens with zero attached hydrogens (tertiary/aromatic N) is 3. The minimum Gasteiger partial charge on any atom is -0.619 e. The molecule has 1 N–H and O–H groups in total. The molecule has 0 unspecified atom stereocenters. The van der Waals surface area contributed by atoms with Crippen LogP contribution in [0.3, 0.4) is 0 Å². The predicted octanol–water partition coefficient (Wildman–Crippen LogP) is 3.87. The Labute approximate surface area is 195 Å². The Hall–Kier alpha value is -4.66. The molecule has 0 aliphatic rings. The van der Waals surface area contributed by atoms with Crippen LogP contribution in [0.5, 0.6) is 5.75 Å². The summed E-state index contributed by atoms with van der Waals surface area (Å²) >= 11 is 0.